The van der Waals surface area contributed by atoms with Gasteiger partial charge in [0.15, 0.2) is 11.5 Å². The number of rotatable bonds is 10. The minimum atomic E-state index is -3.63. The van der Waals surface area contributed by atoms with Gasteiger partial charge in [0, 0.05) is 11.0 Å². The molecule has 0 aliphatic rings. The van der Waals surface area contributed by atoms with Crippen molar-refractivity contribution >= 4 is 37.5 Å². The van der Waals surface area contributed by atoms with Gasteiger partial charge in [0.1, 0.15) is 6.54 Å². The number of sulfonamides is 1. The van der Waals surface area contributed by atoms with Gasteiger partial charge >= 0.3 is 0 Å². The van der Waals surface area contributed by atoms with Crippen molar-refractivity contribution in [2.45, 2.75) is 27.3 Å². The number of hydrogen-bond acceptors (Lipinski definition) is 5. The van der Waals surface area contributed by atoms with Crippen LogP contribution in [0, 0.1) is 6.92 Å². The van der Waals surface area contributed by atoms with Gasteiger partial charge in [-0.15, -0.1) is 0 Å². The van der Waals surface area contributed by atoms with Crippen LogP contribution in [0.25, 0.3) is 0 Å². The summed E-state index contributed by atoms with van der Waals surface area (Å²) in [4.78, 5) is 12.5. The summed E-state index contributed by atoms with van der Waals surface area (Å²) in [6.45, 7) is 6.57. The van der Waals surface area contributed by atoms with E-state index >= 15 is 0 Å². The number of halogens is 1. The molecule has 1 N–H and O–H groups in total. The predicted octanol–water partition coefficient (Wildman–Crippen LogP) is 3.64. The Morgan fingerprint density at radius 3 is 2.33 bits per heavy atom. The average Bonchev–Trinajstić information content (AvgIpc) is 2.68. The summed E-state index contributed by atoms with van der Waals surface area (Å²) < 4.78 is 37.6. The van der Waals surface area contributed by atoms with E-state index in [4.69, 9.17) is 9.47 Å². The number of ether oxygens (including phenoxy) is 2. The maximum atomic E-state index is 12.5. The smallest absolute Gasteiger partial charge is 0.241 e. The van der Waals surface area contributed by atoms with E-state index in [0.29, 0.717) is 30.4 Å². The molecule has 0 saturated carbocycles. The summed E-state index contributed by atoms with van der Waals surface area (Å²) >= 11 is 3.40. The van der Waals surface area contributed by atoms with E-state index in [1.54, 1.807) is 30.3 Å². The number of amides is 1. The largest absolute Gasteiger partial charge is 0.490 e. The zero-order chi connectivity index (χ0) is 22.3. The van der Waals surface area contributed by atoms with Crippen LogP contribution in [0.2, 0.25) is 0 Å². The molecule has 0 aliphatic carbocycles. The highest BCUT2D eigenvalue weighted by molar-refractivity contribution is 9.10. The van der Waals surface area contributed by atoms with Crippen molar-refractivity contribution in [2.75, 3.05) is 30.3 Å². The van der Waals surface area contributed by atoms with Crippen molar-refractivity contribution in [2.24, 2.45) is 0 Å². The van der Waals surface area contributed by atoms with E-state index < -0.39 is 15.9 Å². The van der Waals surface area contributed by atoms with Crippen LogP contribution in [-0.2, 0) is 21.4 Å². The molecule has 0 fully saturated rings. The molecule has 7 nitrogen and oxygen atoms in total. The summed E-state index contributed by atoms with van der Waals surface area (Å²) in [6.07, 6.45) is 1.08. The van der Waals surface area contributed by atoms with Gasteiger partial charge in [0.25, 0.3) is 0 Å². The summed E-state index contributed by atoms with van der Waals surface area (Å²) in [6, 6.07) is 10.6. The van der Waals surface area contributed by atoms with Gasteiger partial charge in [0.05, 0.1) is 25.2 Å². The monoisotopic (exact) mass is 498 g/mol. The second-order valence-electron chi connectivity index (χ2n) is 6.63. The molecule has 0 radical (unpaired) electrons. The number of carbonyl (C=O) groups excluding carboxylic acids is 1. The first-order valence-electron chi connectivity index (χ1n) is 9.54. The van der Waals surface area contributed by atoms with E-state index in [2.05, 4.69) is 21.2 Å². The van der Waals surface area contributed by atoms with Crippen molar-refractivity contribution in [3.8, 4) is 11.5 Å². The molecule has 0 bridgehead atoms. The Bertz CT molecular complexity index is 995. The van der Waals surface area contributed by atoms with Crippen molar-refractivity contribution < 1.29 is 22.7 Å². The fourth-order valence-corrected chi connectivity index (χ4v) is 3.87. The highest BCUT2D eigenvalue weighted by atomic mass is 79.9. The van der Waals surface area contributed by atoms with Crippen molar-refractivity contribution in [3.63, 3.8) is 0 Å². The van der Waals surface area contributed by atoms with Gasteiger partial charge in [-0.05, 0) is 62.2 Å². The molecule has 0 atom stereocenters. The first kappa shape index (κ1) is 24.0. The Hall–Kier alpha value is -2.26. The highest BCUT2D eigenvalue weighted by Gasteiger charge is 2.21. The van der Waals surface area contributed by atoms with Gasteiger partial charge in [-0.3, -0.25) is 9.10 Å². The molecule has 0 aliphatic heterocycles. The number of anilines is 1. The molecule has 30 heavy (non-hydrogen) atoms. The summed E-state index contributed by atoms with van der Waals surface area (Å²) in [5.74, 6) is 0.838. The normalized spacial score (nSPS) is 11.1. The molecular weight excluding hydrogens is 472 g/mol. The lowest BCUT2D eigenvalue weighted by molar-refractivity contribution is -0.119. The molecule has 0 aromatic heterocycles. The first-order valence-corrected chi connectivity index (χ1v) is 12.2. The highest BCUT2D eigenvalue weighted by Crippen LogP contribution is 2.28. The number of nitrogens with zero attached hydrogens (tertiary/aromatic N) is 1. The third kappa shape index (κ3) is 6.63. The second-order valence-corrected chi connectivity index (χ2v) is 9.39. The Labute approximate surface area is 186 Å². The van der Waals surface area contributed by atoms with E-state index in [1.807, 2.05) is 26.8 Å². The zero-order valence-corrected chi connectivity index (χ0v) is 20.0. The molecular formula is C21H27BrN2O5S. The van der Waals surface area contributed by atoms with Crippen LogP contribution >= 0.6 is 15.9 Å². The maximum Gasteiger partial charge on any atom is 0.241 e. The summed E-state index contributed by atoms with van der Waals surface area (Å²) in [7, 11) is -3.63. The average molecular weight is 499 g/mol. The molecule has 0 saturated heterocycles. The molecule has 2 aromatic rings. The Kier molecular flexibility index (Phi) is 8.54. The van der Waals surface area contributed by atoms with Gasteiger partial charge in [-0.25, -0.2) is 8.42 Å². The fourth-order valence-electron chi connectivity index (χ4n) is 2.78. The van der Waals surface area contributed by atoms with Crippen LogP contribution in [0.4, 0.5) is 5.69 Å². The van der Waals surface area contributed by atoms with Crippen molar-refractivity contribution in [1.29, 1.82) is 0 Å². The van der Waals surface area contributed by atoms with Gasteiger partial charge in [0.2, 0.25) is 15.9 Å². The Morgan fingerprint density at radius 2 is 1.73 bits per heavy atom. The van der Waals surface area contributed by atoms with Gasteiger partial charge in [-0.2, -0.15) is 0 Å². The van der Waals surface area contributed by atoms with Crippen molar-refractivity contribution in [1.82, 2.24) is 5.32 Å². The molecule has 1 amide bonds. The number of nitrogens with one attached hydrogen (secondary N) is 1. The summed E-state index contributed by atoms with van der Waals surface area (Å²) in [5, 5.41) is 2.77. The van der Waals surface area contributed by atoms with Crippen LogP contribution in [0.15, 0.2) is 40.9 Å². The van der Waals surface area contributed by atoms with Crippen molar-refractivity contribution in [3.05, 3.63) is 52.0 Å². The van der Waals surface area contributed by atoms with Crippen LogP contribution < -0.4 is 19.1 Å². The van der Waals surface area contributed by atoms with E-state index in [1.165, 1.54) is 0 Å². The lowest BCUT2D eigenvalue weighted by Crippen LogP contribution is -2.40. The molecule has 9 heteroatoms. The summed E-state index contributed by atoms with van der Waals surface area (Å²) in [5.41, 5.74) is 2.13. The van der Waals surface area contributed by atoms with Gasteiger partial charge < -0.3 is 14.8 Å². The van der Waals surface area contributed by atoms with E-state index in [9.17, 15) is 13.2 Å². The van der Waals surface area contributed by atoms with Crippen LogP contribution in [0.1, 0.15) is 25.0 Å². The predicted molar refractivity (Wildman–Crippen MR) is 122 cm³/mol. The van der Waals surface area contributed by atoms with Crippen LogP contribution in [0.3, 0.4) is 0 Å². The SMILES string of the molecule is CCOc1ccc(CNC(=O)CN(c2ccc(Br)c(C)c2)S(C)(=O)=O)cc1OCC. The number of hydrogen-bond donors (Lipinski definition) is 1. The standard InChI is InChI=1S/C21H27BrN2O5S/c1-5-28-19-10-7-16(12-20(19)29-6-2)13-23-21(25)14-24(30(4,26)27)17-8-9-18(22)15(3)11-17/h7-12H,5-6,13-14H2,1-4H3,(H,23,25). The van der Waals surface area contributed by atoms with Gasteiger partial charge in [-0.1, -0.05) is 22.0 Å². The zero-order valence-electron chi connectivity index (χ0n) is 17.6. The molecule has 0 unspecified atom stereocenters. The molecule has 164 valence electrons. The van der Waals surface area contributed by atoms with Crippen LogP contribution in [0.5, 0.6) is 11.5 Å². The molecule has 2 aromatic carbocycles. The fraction of sp³-hybridized carbons (Fsp3) is 0.381. The molecule has 2 rings (SSSR count). The van der Waals surface area contributed by atoms with Crippen LogP contribution in [-0.4, -0.2) is 40.3 Å². The lowest BCUT2D eigenvalue weighted by Gasteiger charge is -2.22. The Balaban J connectivity index is 2.11. The third-order valence-electron chi connectivity index (χ3n) is 4.21. The first-order chi connectivity index (χ1) is 14.2. The molecule has 0 heterocycles. The van der Waals surface area contributed by atoms with E-state index in [-0.39, 0.29) is 13.1 Å². The molecule has 0 spiro atoms. The van der Waals surface area contributed by atoms with E-state index in [0.717, 1.165) is 26.2 Å². The second kappa shape index (κ2) is 10.7. The Morgan fingerprint density at radius 1 is 1.07 bits per heavy atom. The topological polar surface area (TPSA) is 84.9 Å². The third-order valence-corrected chi connectivity index (χ3v) is 6.24. The number of aryl methyl sites for hydroxylation is 1. The number of carbonyl (C=O) groups is 1. The maximum absolute atomic E-state index is 12.5. The quantitative estimate of drug-likeness (QED) is 0.540. The number of benzene rings is 2. The minimum Gasteiger partial charge on any atom is -0.490 e. The lowest BCUT2D eigenvalue weighted by atomic mass is 10.2. The minimum absolute atomic E-state index is 0.238.